The monoisotopic (exact) mass is 298 g/mol. The van der Waals surface area contributed by atoms with Gasteiger partial charge in [0.15, 0.2) is 5.76 Å². The van der Waals surface area contributed by atoms with Gasteiger partial charge >= 0.3 is 5.97 Å². The van der Waals surface area contributed by atoms with Crippen molar-refractivity contribution in [3.05, 3.63) is 54.0 Å². The number of ether oxygens (including phenoxy) is 1. The molecule has 1 aromatic carbocycles. The number of benzene rings is 1. The average Bonchev–Trinajstić information content (AvgIpc) is 3.06. The van der Waals surface area contributed by atoms with Crippen molar-refractivity contribution in [2.24, 2.45) is 0 Å². The van der Waals surface area contributed by atoms with E-state index in [0.29, 0.717) is 18.5 Å². The second-order valence-electron chi connectivity index (χ2n) is 4.37. The maximum atomic E-state index is 12.0. The zero-order valence-electron chi connectivity index (χ0n) is 11.7. The van der Waals surface area contributed by atoms with E-state index in [1.807, 2.05) is 6.07 Å². The van der Waals surface area contributed by atoms with E-state index in [0.717, 1.165) is 0 Å². The van der Waals surface area contributed by atoms with Crippen LogP contribution in [-0.2, 0) is 4.74 Å². The molecular formula is C16H14N2O4. The number of rotatable bonds is 6. The number of carbonyl (C=O) groups is 2. The summed E-state index contributed by atoms with van der Waals surface area (Å²) >= 11 is 0. The van der Waals surface area contributed by atoms with Crippen molar-refractivity contribution in [3.8, 4) is 6.07 Å². The fraction of sp³-hybridized carbons (Fsp3) is 0.188. The number of nitrogens with one attached hydrogen (secondary N) is 1. The van der Waals surface area contributed by atoms with E-state index in [4.69, 9.17) is 14.4 Å². The SMILES string of the molecule is N#CCCCOC(=O)c1ccccc1NC(=O)c1ccco1. The first kappa shape index (κ1) is 15.3. The predicted octanol–water partition coefficient (Wildman–Crippen LogP) is 2.99. The van der Waals surface area contributed by atoms with Crippen LogP contribution in [0.2, 0.25) is 0 Å². The molecule has 0 fully saturated rings. The number of furan rings is 1. The standard InChI is InChI=1S/C16H14N2O4/c17-9-3-4-10-22-16(20)12-6-1-2-7-13(12)18-15(19)14-8-5-11-21-14/h1-2,5-8,11H,3-4,10H2,(H,18,19). The lowest BCUT2D eigenvalue weighted by Crippen LogP contribution is -2.15. The lowest BCUT2D eigenvalue weighted by molar-refractivity contribution is 0.0503. The van der Waals surface area contributed by atoms with Gasteiger partial charge in [0.05, 0.1) is 30.2 Å². The molecule has 0 radical (unpaired) electrons. The van der Waals surface area contributed by atoms with Crippen LogP contribution in [0.3, 0.4) is 0 Å². The Kier molecular flexibility index (Phi) is 5.32. The van der Waals surface area contributed by atoms with Crippen molar-refractivity contribution in [2.45, 2.75) is 12.8 Å². The van der Waals surface area contributed by atoms with Crippen LogP contribution in [0.4, 0.5) is 5.69 Å². The Bertz CT molecular complexity index is 686. The molecule has 6 nitrogen and oxygen atoms in total. The Morgan fingerprint density at radius 1 is 1.23 bits per heavy atom. The number of amides is 1. The van der Waals surface area contributed by atoms with Crippen LogP contribution in [-0.4, -0.2) is 18.5 Å². The average molecular weight is 298 g/mol. The minimum atomic E-state index is -0.548. The van der Waals surface area contributed by atoms with Gasteiger partial charge in [-0.1, -0.05) is 12.1 Å². The third kappa shape index (κ3) is 3.96. The summed E-state index contributed by atoms with van der Waals surface area (Å²) in [6, 6.07) is 11.6. The van der Waals surface area contributed by atoms with Crippen LogP contribution in [0.1, 0.15) is 33.8 Å². The summed E-state index contributed by atoms with van der Waals surface area (Å²) in [5.74, 6) is -0.847. The normalized spacial score (nSPS) is 9.77. The summed E-state index contributed by atoms with van der Waals surface area (Å²) in [6.07, 6.45) is 2.19. The highest BCUT2D eigenvalue weighted by molar-refractivity contribution is 6.06. The molecule has 1 aromatic heterocycles. The molecule has 2 aromatic rings. The zero-order valence-corrected chi connectivity index (χ0v) is 11.7. The van der Waals surface area contributed by atoms with Crippen molar-refractivity contribution in [3.63, 3.8) is 0 Å². The summed E-state index contributed by atoms with van der Waals surface area (Å²) in [5, 5.41) is 11.0. The number of esters is 1. The van der Waals surface area contributed by atoms with Crippen LogP contribution in [0.15, 0.2) is 47.1 Å². The number of hydrogen-bond acceptors (Lipinski definition) is 5. The lowest BCUT2D eigenvalue weighted by Gasteiger charge is -2.09. The van der Waals surface area contributed by atoms with Crippen molar-refractivity contribution in [1.29, 1.82) is 5.26 Å². The van der Waals surface area contributed by atoms with Crippen molar-refractivity contribution >= 4 is 17.6 Å². The quantitative estimate of drug-likeness (QED) is 0.653. The van der Waals surface area contributed by atoms with Crippen LogP contribution < -0.4 is 5.32 Å². The van der Waals surface area contributed by atoms with Crippen LogP contribution in [0.25, 0.3) is 0 Å². The van der Waals surface area contributed by atoms with Gasteiger partial charge in [-0.15, -0.1) is 0 Å². The molecule has 0 unspecified atom stereocenters. The summed E-state index contributed by atoms with van der Waals surface area (Å²) in [5.41, 5.74) is 0.591. The molecule has 2 rings (SSSR count). The van der Waals surface area contributed by atoms with Gasteiger partial charge in [0.25, 0.3) is 5.91 Å². The number of hydrogen-bond donors (Lipinski definition) is 1. The molecule has 0 spiro atoms. The molecule has 0 bridgehead atoms. The highest BCUT2D eigenvalue weighted by atomic mass is 16.5. The van der Waals surface area contributed by atoms with Gasteiger partial charge in [-0.05, 0) is 30.7 Å². The van der Waals surface area contributed by atoms with E-state index in [1.165, 1.54) is 12.3 Å². The maximum Gasteiger partial charge on any atom is 0.340 e. The number of nitrogens with zero attached hydrogens (tertiary/aromatic N) is 1. The van der Waals surface area contributed by atoms with Gasteiger partial charge in [0.2, 0.25) is 0 Å². The smallest absolute Gasteiger partial charge is 0.340 e. The first-order chi connectivity index (χ1) is 10.7. The number of para-hydroxylation sites is 1. The molecule has 1 N–H and O–H groups in total. The minimum absolute atomic E-state index is 0.150. The molecule has 1 amide bonds. The Hall–Kier alpha value is -3.07. The highest BCUT2D eigenvalue weighted by Crippen LogP contribution is 2.17. The first-order valence-corrected chi connectivity index (χ1v) is 6.70. The zero-order chi connectivity index (χ0) is 15.8. The fourth-order valence-corrected chi connectivity index (χ4v) is 1.76. The van der Waals surface area contributed by atoms with Gasteiger partial charge in [0.1, 0.15) is 0 Å². The second-order valence-corrected chi connectivity index (χ2v) is 4.37. The molecule has 1 heterocycles. The van der Waals surface area contributed by atoms with Crippen molar-refractivity contribution < 1.29 is 18.7 Å². The molecule has 0 saturated heterocycles. The minimum Gasteiger partial charge on any atom is -0.462 e. The van der Waals surface area contributed by atoms with Gasteiger partial charge in [-0.3, -0.25) is 4.79 Å². The van der Waals surface area contributed by atoms with E-state index in [2.05, 4.69) is 5.32 Å². The van der Waals surface area contributed by atoms with Gasteiger partial charge < -0.3 is 14.5 Å². The third-order valence-corrected chi connectivity index (χ3v) is 2.81. The summed E-state index contributed by atoms with van der Waals surface area (Å²) in [6.45, 7) is 0.160. The van der Waals surface area contributed by atoms with E-state index in [9.17, 15) is 9.59 Å². The second kappa shape index (κ2) is 7.64. The molecule has 0 aliphatic rings. The Balaban J connectivity index is 2.05. The van der Waals surface area contributed by atoms with Gasteiger partial charge in [0, 0.05) is 6.42 Å². The maximum absolute atomic E-state index is 12.0. The summed E-state index contributed by atoms with van der Waals surface area (Å²) in [4.78, 5) is 24.0. The van der Waals surface area contributed by atoms with Crippen LogP contribution >= 0.6 is 0 Å². The highest BCUT2D eigenvalue weighted by Gasteiger charge is 2.16. The van der Waals surface area contributed by atoms with Crippen molar-refractivity contribution in [1.82, 2.24) is 0 Å². The molecular weight excluding hydrogens is 284 g/mol. The molecule has 0 saturated carbocycles. The van der Waals surface area contributed by atoms with Crippen LogP contribution in [0.5, 0.6) is 0 Å². The molecule has 6 heteroatoms. The Morgan fingerprint density at radius 3 is 2.77 bits per heavy atom. The van der Waals surface area contributed by atoms with Gasteiger partial charge in [-0.25, -0.2) is 4.79 Å². The molecule has 22 heavy (non-hydrogen) atoms. The lowest BCUT2D eigenvalue weighted by atomic mass is 10.1. The van der Waals surface area contributed by atoms with Gasteiger partial charge in [-0.2, -0.15) is 5.26 Å². The topological polar surface area (TPSA) is 92.3 Å². The summed E-state index contributed by atoms with van der Waals surface area (Å²) < 4.78 is 10.1. The number of nitriles is 1. The molecule has 112 valence electrons. The fourth-order valence-electron chi connectivity index (χ4n) is 1.76. The number of anilines is 1. The molecule has 0 atom stereocenters. The predicted molar refractivity (Wildman–Crippen MR) is 78.2 cm³/mol. The van der Waals surface area contributed by atoms with E-state index < -0.39 is 11.9 Å². The number of carbonyl (C=O) groups excluding carboxylic acids is 2. The van der Waals surface area contributed by atoms with E-state index >= 15 is 0 Å². The largest absolute Gasteiger partial charge is 0.462 e. The van der Waals surface area contributed by atoms with Crippen LogP contribution in [0, 0.1) is 11.3 Å². The summed E-state index contributed by atoms with van der Waals surface area (Å²) in [7, 11) is 0. The third-order valence-electron chi connectivity index (χ3n) is 2.81. The molecule has 0 aliphatic heterocycles. The Morgan fingerprint density at radius 2 is 2.05 bits per heavy atom. The molecule has 0 aliphatic carbocycles. The first-order valence-electron chi connectivity index (χ1n) is 6.70. The number of unbranched alkanes of at least 4 members (excludes halogenated alkanes) is 1. The Labute approximate surface area is 127 Å². The van der Waals surface area contributed by atoms with E-state index in [1.54, 1.807) is 30.3 Å². The van der Waals surface area contributed by atoms with E-state index in [-0.39, 0.29) is 17.9 Å². The van der Waals surface area contributed by atoms with Crippen molar-refractivity contribution in [2.75, 3.05) is 11.9 Å².